The molecule has 3 heteroatoms. The minimum atomic E-state index is 0.365. The summed E-state index contributed by atoms with van der Waals surface area (Å²) in [5.74, 6) is 0. The molecule has 0 radical (unpaired) electrons. The molecule has 1 N–H and O–H groups in total. The van der Waals surface area contributed by atoms with E-state index in [1.54, 1.807) is 0 Å². The first-order valence-corrected chi connectivity index (χ1v) is 7.22. The molecule has 1 unspecified atom stereocenters. The smallest absolute Gasteiger partial charge is 0.0468 e. The van der Waals surface area contributed by atoms with Gasteiger partial charge in [0.05, 0.1) is 0 Å². The summed E-state index contributed by atoms with van der Waals surface area (Å²) in [7, 11) is 2.01. The largest absolute Gasteiger partial charge is 0.312 e. The van der Waals surface area contributed by atoms with Crippen molar-refractivity contribution in [1.82, 2.24) is 10.3 Å². The second-order valence-electron chi connectivity index (χ2n) is 4.51. The normalized spacial score (nSPS) is 12.6. The molecular formula is C15H20N2S. The number of nitrogens with one attached hydrogen (secondary N) is 1. The number of nitrogens with zero attached hydrogens (tertiary/aromatic N) is 1. The van der Waals surface area contributed by atoms with E-state index in [9.17, 15) is 0 Å². The molecule has 2 aromatic heterocycles. The fourth-order valence-corrected chi connectivity index (χ4v) is 2.97. The Labute approximate surface area is 113 Å². The topological polar surface area (TPSA) is 24.9 Å². The maximum Gasteiger partial charge on any atom is 0.0468 e. The minimum absolute atomic E-state index is 0.365. The van der Waals surface area contributed by atoms with Gasteiger partial charge in [-0.05, 0) is 44.2 Å². The van der Waals surface area contributed by atoms with Crippen LogP contribution in [0.25, 0.3) is 0 Å². The molecular weight excluding hydrogens is 240 g/mol. The van der Waals surface area contributed by atoms with Gasteiger partial charge < -0.3 is 5.32 Å². The lowest BCUT2D eigenvalue weighted by atomic mass is 10.1. The number of pyridine rings is 1. The summed E-state index contributed by atoms with van der Waals surface area (Å²) in [6, 6.07) is 9.07. The van der Waals surface area contributed by atoms with Gasteiger partial charge in [0.25, 0.3) is 0 Å². The van der Waals surface area contributed by atoms with E-state index in [1.165, 1.54) is 15.3 Å². The van der Waals surface area contributed by atoms with Crippen LogP contribution in [0.5, 0.6) is 0 Å². The second-order valence-corrected chi connectivity index (χ2v) is 5.82. The zero-order valence-electron chi connectivity index (χ0n) is 11.2. The van der Waals surface area contributed by atoms with Crippen molar-refractivity contribution >= 4 is 11.3 Å². The Kier molecular flexibility index (Phi) is 4.50. The van der Waals surface area contributed by atoms with Crippen LogP contribution in [-0.2, 0) is 12.8 Å². The van der Waals surface area contributed by atoms with Gasteiger partial charge in [-0.2, -0.15) is 0 Å². The Bertz CT molecular complexity index is 487. The molecule has 1 atom stereocenters. The zero-order valence-corrected chi connectivity index (χ0v) is 12.1. The first kappa shape index (κ1) is 13.2. The lowest BCUT2D eigenvalue weighted by Gasteiger charge is -2.14. The number of hydrogen-bond donors (Lipinski definition) is 1. The molecule has 0 aliphatic carbocycles. The summed E-state index contributed by atoms with van der Waals surface area (Å²) in [5, 5.41) is 3.38. The lowest BCUT2D eigenvalue weighted by molar-refractivity contribution is 0.594. The van der Waals surface area contributed by atoms with Crippen molar-refractivity contribution in [2.45, 2.75) is 32.7 Å². The number of aromatic nitrogens is 1. The standard InChI is InChI=1S/C15H20N2S/c1-4-12-6-7-13(17-10-12)9-14(16-3)15-8-5-11(2)18-15/h5-8,10,14,16H,4,9H2,1-3H3. The average Bonchev–Trinajstić information content (AvgIpc) is 2.83. The molecule has 2 rings (SSSR count). The van der Waals surface area contributed by atoms with Gasteiger partial charge in [-0.1, -0.05) is 13.0 Å². The molecule has 96 valence electrons. The third-order valence-electron chi connectivity index (χ3n) is 3.16. The van der Waals surface area contributed by atoms with Crippen LogP contribution in [0.1, 0.15) is 34.0 Å². The summed E-state index contributed by atoms with van der Waals surface area (Å²) >= 11 is 1.86. The molecule has 0 aromatic carbocycles. The van der Waals surface area contributed by atoms with Gasteiger partial charge in [0.15, 0.2) is 0 Å². The van der Waals surface area contributed by atoms with Crippen molar-refractivity contribution in [3.63, 3.8) is 0 Å². The van der Waals surface area contributed by atoms with E-state index in [0.717, 1.165) is 18.5 Å². The fourth-order valence-electron chi connectivity index (χ4n) is 1.98. The van der Waals surface area contributed by atoms with E-state index in [-0.39, 0.29) is 0 Å². The third kappa shape index (κ3) is 3.18. The minimum Gasteiger partial charge on any atom is -0.312 e. The van der Waals surface area contributed by atoms with E-state index < -0.39 is 0 Å². The molecule has 2 aromatic rings. The summed E-state index contributed by atoms with van der Waals surface area (Å²) in [4.78, 5) is 7.28. The van der Waals surface area contributed by atoms with E-state index in [2.05, 4.69) is 48.4 Å². The molecule has 0 aliphatic heterocycles. The average molecular weight is 260 g/mol. The van der Waals surface area contributed by atoms with Gasteiger partial charge in [0.2, 0.25) is 0 Å². The monoisotopic (exact) mass is 260 g/mol. The van der Waals surface area contributed by atoms with Gasteiger partial charge in [0.1, 0.15) is 0 Å². The van der Waals surface area contributed by atoms with Crippen molar-refractivity contribution in [2.75, 3.05) is 7.05 Å². The molecule has 0 spiro atoms. The van der Waals surface area contributed by atoms with Gasteiger partial charge in [-0.15, -0.1) is 11.3 Å². The maximum atomic E-state index is 4.53. The van der Waals surface area contributed by atoms with Gasteiger partial charge >= 0.3 is 0 Å². The van der Waals surface area contributed by atoms with Gasteiger partial charge in [0, 0.05) is 34.1 Å². The van der Waals surface area contributed by atoms with Crippen LogP contribution < -0.4 is 5.32 Å². The summed E-state index contributed by atoms with van der Waals surface area (Å²) < 4.78 is 0. The van der Waals surface area contributed by atoms with Crippen LogP contribution in [0.15, 0.2) is 30.5 Å². The Balaban J connectivity index is 2.10. The van der Waals surface area contributed by atoms with Crippen molar-refractivity contribution in [3.05, 3.63) is 51.5 Å². The maximum absolute atomic E-state index is 4.53. The highest BCUT2D eigenvalue weighted by Crippen LogP contribution is 2.25. The Morgan fingerprint density at radius 1 is 1.28 bits per heavy atom. The van der Waals surface area contributed by atoms with Crippen LogP contribution in [-0.4, -0.2) is 12.0 Å². The van der Waals surface area contributed by atoms with E-state index in [4.69, 9.17) is 0 Å². The predicted molar refractivity (Wildman–Crippen MR) is 78.2 cm³/mol. The van der Waals surface area contributed by atoms with E-state index in [1.807, 2.05) is 24.6 Å². The van der Waals surface area contributed by atoms with Crippen LogP contribution in [0.3, 0.4) is 0 Å². The first-order valence-electron chi connectivity index (χ1n) is 6.40. The van der Waals surface area contributed by atoms with Crippen molar-refractivity contribution in [3.8, 4) is 0 Å². The summed E-state index contributed by atoms with van der Waals surface area (Å²) in [5.41, 5.74) is 2.45. The quantitative estimate of drug-likeness (QED) is 0.889. The molecule has 0 bridgehead atoms. The van der Waals surface area contributed by atoms with Crippen molar-refractivity contribution in [1.29, 1.82) is 0 Å². The van der Waals surface area contributed by atoms with Gasteiger partial charge in [-0.3, -0.25) is 4.98 Å². The number of hydrogen-bond acceptors (Lipinski definition) is 3. The van der Waals surface area contributed by atoms with Crippen LogP contribution in [0.2, 0.25) is 0 Å². The predicted octanol–water partition coefficient (Wildman–Crippen LogP) is 3.52. The third-order valence-corrected chi connectivity index (χ3v) is 4.27. The Hall–Kier alpha value is -1.19. The highest BCUT2D eigenvalue weighted by atomic mass is 32.1. The molecule has 0 amide bonds. The highest BCUT2D eigenvalue weighted by Gasteiger charge is 2.12. The van der Waals surface area contributed by atoms with Crippen molar-refractivity contribution < 1.29 is 0 Å². The molecule has 0 saturated heterocycles. The molecule has 2 heterocycles. The summed E-state index contributed by atoms with van der Waals surface area (Å²) in [6.07, 6.45) is 3.98. The molecule has 0 fully saturated rings. The van der Waals surface area contributed by atoms with Crippen LogP contribution in [0, 0.1) is 6.92 Å². The molecule has 2 nitrogen and oxygen atoms in total. The van der Waals surface area contributed by atoms with Gasteiger partial charge in [-0.25, -0.2) is 0 Å². The fraction of sp³-hybridized carbons (Fsp3) is 0.400. The number of likely N-dealkylation sites (N-methyl/N-ethyl adjacent to an activating group) is 1. The SMILES string of the molecule is CCc1ccc(CC(NC)c2ccc(C)s2)nc1. The molecule has 0 aliphatic rings. The number of aryl methyl sites for hydroxylation is 2. The molecule has 0 saturated carbocycles. The van der Waals surface area contributed by atoms with E-state index >= 15 is 0 Å². The van der Waals surface area contributed by atoms with Crippen molar-refractivity contribution in [2.24, 2.45) is 0 Å². The zero-order chi connectivity index (χ0) is 13.0. The first-order chi connectivity index (χ1) is 8.72. The number of rotatable bonds is 5. The van der Waals surface area contributed by atoms with Crippen LogP contribution >= 0.6 is 11.3 Å². The Morgan fingerprint density at radius 2 is 2.11 bits per heavy atom. The second kappa shape index (κ2) is 6.12. The van der Waals surface area contributed by atoms with Crippen LogP contribution in [0.4, 0.5) is 0 Å². The lowest BCUT2D eigenvalue weighted by Crippen LogP contribution is -2.18. The number of thiophene rings is 1. The summed E-state index contributed by atoms with van der Waals surface area (Å²) in [6.45, 7) is 4.30. The highest BCUT2D eigenvalue weighted by molar-refractivity contribution is 7.12. The Morgan fingerprint density at radius 3 is 2.61 bits per heavy atom. The van der Waals surface area contributed by atoms with E-state index in [0.29, 0.717) is 6.04 Å². The molecule has 18 heavy (non-hydrogen) atoms.